The molecule has 3 aromatic heterocycles. The van der Waals surface area contributed by atoms with Crippen LogP contribution in [0.3, 0.4) is 0 Å². The van der Waals surface area contributed by atoms with Crippen molar-refractivity contribution in [3.8, 4) is 16.9 Å². The van der Waals surface area contributed by atoms with Gasteiger partial charge in [0, 0.05) is 36.3 Å². The van der Waals surface area contributed by atoms with E-state index < -0.39 is 0 Å². The Morgan fingerprint density at radius 2 is 2.00 bits per heavy atom. The third-order valence-electron chi connectivity index (χ3n) is 4.31. The molecule has 4 aromatic rings. The molecule has 0 spiro atoms. The van der Waals surface area contributed by atoms with E-state index in [-0.39, 0.29) is 0 Å². The van der Waals surface area contributed by atoms with Gasteiger partial charge in [-0.15, -0.1) is 0 Å². The van der Waals surface area contributed by atoms with Gasteiger partial charge in [-0.3, -0.25) is 9.48 Å². The van der Waals surface area contributed by atoms with Crippen molar-refractivity contribution >= 4 is 17.3 Å². The van der Waals surface area contributed by atoms with Crippen molar-refractivity contribution in [2.75, 3.05) is 0 Å². The highest BCUT2D eigenvalue weighted by molar-refractivity contribution is 6.00. The Hall–Kier alpha value is -3.28. The molecule has 4 rings (SSSR count). The molecule has 0 radical (unpaired) electrons. The Bertz CT molecular complexity index is 1090. The summed E-state index contributed by atoms with van der Waals surface area (Å²) in [6.07, 6.45) is 4.52. The van der Waals surface area contributed by atoms with E-state index in [1.54, 1.807) is 16.9 Å². The van der Waals surface area contributed by atoms with Gasteiger partial charge in [-0.1, -0.05) is 6.07 Å². The maximum absolute atomic E-state index is 11.4. The molecule has 3 heterocycles. The zero-order valence-electron chi connectivity index (χ0n) is 14.3. The Kier molecular flexibility index (Phi) is 3.46. The third-order valence-corrected chi connectivity index (χ3v) is 4.31. The summed E-state index contributed by atoms with van der Waals surface area (Å²) in [6, 6.07) is 9.78. The van der Waals surface area contributed by atoms with Crippen LogP contribution >= 0.6 is 0 Å². The first-order chi connectivity index (χ1) is 12.1. The van der Waals surface area contributed by atoms with Gasteiger partial charge in [-0.05, 0) is 43.7 Å². The van der Waals surface area contributed by atoms with Crippen molar-refractivity contribution < 1.29 is 4.79 Å². The van der Waals surface area contributed by atoms with Crippen molar-refractivity contribution in [3.63, 3.8) is 0 Å². The monoisotopic (exact) mass is 331 g/mol. The molecule has 6 nitrogen and oxygen atoms in total. The molecular formula is C19H17N5O. The van der Waals surface area contributed by atoms with Gasteiger partial charge < -0.3 is 0 Å². The molecule has 0 N–H and O–H groups in total. The normalized spacial score (nSPS) is 11.2. The third kappa shape index (κ3) is 2.42. The summed E-state index contributed by atoms with van der Waals surface area (Å²) in [6.45, 7) is 3.93. The van der Waals surface area contributed by atoms with Crippen LogP contribution in [0.2, 0.25) is 0 Å². The number of hydrogen-bond acceptors (Lipinski definition) is 4. The van der Waals surface area contributed by atoms with Crippen LogP contribution in [0.25, 0.3) is 28.0 Å². The highest BCUT2D eigenvalue weighted by Crippen LogP contribution is 2.31. The number of rotatable bonds is 3. The van der Waals surface area contributed by atoms with Gasteiger partial charge >= 0.3 is 0 Å². The molecule has 25 heavy (non-hydrogen) atoms. The van der Waals surface area contributed by atoms with Gasteiger partial charge in [0.1, 0.15) is 11.2 Å². The highest BCUT2D eigenvalue weighted by atomic mass is 16.1. The Labute approximate surface area is 144 Å². The van der Waals surface area contributed by atoms with Gasteiger partial charge in [0.15, 0.2) is 6.29 Å². The maximum atomic E-state index is 11.4. The van der Waals surface area contributed by atoms with Gasteiger partial charge in [-0.25, -0.2) is 9.67 Å². The van der Waals surface area contributed by atoms with Crippen molar-refractivity contribution in [2.24, 2.45) is 7.05 Å². The Morgan fingerprint density at radius 1 is 1.16 bits per heavy atom. The lowest BCUT2D eigenvalue weighted by molar-refractivity contribution is 0.112. The number of aldehydes is 1. The summed E-state index contributed by atoms with van der Waals surface area (Å²) in [5, 5.41) is 8.90. The van der Waals surface area contributed by atoms with Crippen molar-refractivity contribution in [2.45, 2.75) is 13.8 Å². The summed E-state index contributed by atoms with van der Waals surface area (Å²) >= 11 is 0. The van der Waals surface area contributed by atoms with Crippen LogP contribution in [-0.2, 0) is 7.05 Å². The van der Waals surface area contributed by atoms with Gasteiger partial charge in [0.2, 0.25) is 0 Å². The van der Waals surface area contributed by atoms with Crippen molar-refractivity contribution in [1.82, 2.24) is 24.5 Å². The quantitative estimate of drug-likeness (QED) is 0.541. The Balaban J connectivity index is 1.93. The lowest BCUT2D eigenvalue weighted by atomic mass is 10.0. The smallest absolute Gasteiger partial charge is 0.152 e. The van der Waals surface area contributed by atoms with Crippen LogP contribution in [0, 0.1) is 13.8 Å². The molecular weight excluding hydrogens is 314 g/mol. The number of carbonyl (C=O) groups excluding carboxylic acids is 1. The predicted molar refractivity (Wildman–Crippen MR) is 95.9 cm³/mol. The fourth-order valence-electron chi connectivity index (χ4n) is 3.19. The standard InChI is InChI=1S/C19H17N5O/c1-12-9-15(24-8-4-7-20-24)5-6-16(12)17-18-19(23(3)22-17)14(11-25)10-13(2)21-18/h4-11H,1-3H3. The number of carbonyl (C=O) groups is 1. The molecule has 0 aliphatic heterocycles. The fourth-order valence-corrected chi connectivity index (χ4v) is 3.19. The van der Waals surface area contributed by atoms with Gasteiger partial charge in [0.25, 0.3) is 0 Å². The van der Waals surface area contributed by atoms with Crippen LogP contribution in [0.5, 0.6) is 0 Å². The maximum Gasteiger partial charge on any atom is 0.152 e. The molecule has 0 fully saturated rings. The summed E-state index contributed by atoms with van der Waals surface area (Å²) in [5.41, 5.74) is 6.76. The summed E-state index contributed by atoms with van der Waals surface area (Å²) in [4.78, 5) is 16.1. The summed E-state index contributed by atoms with van der Waals surface area (Å²) < 4.78 is 3.54. The molecule has 124 valence electrons. The number of pyridine rings is 1. The zero-order valence-corrected chi connectivity index (χ0v) is 14.3. The molecule has 0 saturated carbocycles. The highest BCUT2D eigenvalue weighted by Gasteiger charge is 2.17. The number of nitrogens with zero attached hydrogens (tertiary/aromatic N) is 5. The number of hydrogen-bond donors (Lipinski definition) is 0. The first kappa shape index (κ1) is 15.3. The summed E-state index contributed by atoms with van der Waals surface area (Å²) in [5.74, 6) is 0. The SMILES string of the molecule is Cc1cc(C=O)c2c(n1)c(-c1ccc(-n3cccn3)cc1C)nn2C. The molecule has 0 atom stereocenters. The number of benzene rings is 1. The minimum atomic E-state index is 0.606. The fraction of sp³-hybridized carbons (Fsp3) is 0.158. The molecule has 0 aliphatic carbocycles. The van der Waals surface area contributed by atoms with E-state index in [0.717, 1.165) is 45.5 Å². The van der Waals surface area contributed by atoms with E-state index in [1.807, 2.05) is 50.0 Å². The van der Waals surface area contributed by atoms with Crippen LogP contribution in [0.15, 0.2) is 42.7 Å². The van der Waals surface area contributed by atoms with Crippen LogP contribution < -0.4 is 0 Å². The molecule has 0 saturated heterocycles. The second kappa shape index (κ2) is 5.66. The second-order valence-corrected chi connectivity index (χ2v) is 6.09. The average Bonchev–Trinajstić information content (AvgIpc) is 3.23. The number of fused-ring (bicyclic) bond motifs is 1. The second-order valence-electron chi connectivity index (χ2n) is 6.09. The topological polar surface area (TPSA) is 65.6 Å². The van der Waals surface area contributed by atoms with E-state index in [4.69, 9.17) is 0 Å². The first-order valence-corrected chi connectivity index (χ1v) is 7.99. The average molecular weight is 331 g/mol. The zero-order chi connectivity index (χ0) is 17.6. The van der Waals surface area contributed by atoms with E-state index in [1.165, 1.54) is 0 Å². The summed E-state index contributed by atoms with van der Waals surface area (Å²) in [7, 11) is 1.84. The van der Waals surface area contributed by atoms with Crippen LogP contribution in [0.4, 0.5) is 0 Å². The predicted octanol–water partition coefficient (Wildman–Crippen LogP) is 3.25. The number of aromatic nitrogens is 5. The molecule has 0 amide bonds. The van der Waals surface area contributed by atoms with Gasteiger partial charge in [0.05, 0.1) is 11.2 Å². The van der Waals surface area contributed by atoms with E-state index >= 15 is 0 Å². The van der Waals surface area contributed by atoms with E-state index in [0.29, 0.717) is 5.56 Å². The van der Waals surface area contributed by atoms with E-state index in [9.17, 15) is 4.79 Å². The molecule has 6 heteroatoms. The lowest BCUT2D eigenvalue weighted by Gasteiger charge is -2.07. The first-order valence-electron chi connectivity index (χ1n) is 7.99. The largest absolute Gasteiger partial charge is 0.298 e. The van der Waals surface area contributed by atoms with Gasteiger partial charge in [-0.2, -0.15) is 10.2 Å². The van der Waals surface area contributed by atoms with Crippen molar-refractivity contribution in [3.05, 3.63) is 59.5 Å². The lowest BCUT2D eigenvalue weighted by Crippen LogP contribution is -1.96. The molecule has 0 aliphatic rings. The minimum absolute atomic E-state index is 0.606. The molecule has 0 bridgehead atoms. The van der Waals surface area contributed by atoms with E-state index in [2.05, 4.69) is 21.2 Å². The Morgan fingerprint density at radius 3 is 2.68 bits per heavy atom. The molecule has 1 aromatic carbocycles. The number of aryl methyl sites for hydroxylation is 3. The molecule has 0 unspecified atom stereocenters. The minimum Gasteiger partial charge on any atom is -0.298 e. The van der Waals surface area contributed by atoms with Crippen LogP contribution in [-0.4, -0.2) is 30.8 Å². The van der Waals surface area contributed by atoms with Crippen molar-refractivity contribution in [1.29, 1.82) is 0 Å². The van der Waals surface area contributed by atoms with Crippen LogP contribution in [0.1, 0.15) is 21.6 Å².